The van der Waals surface area contributed by atoms with E-state index < -0.39 is 0 Å². The van der Waals surface area contributed by atoms with E-state index in [0.717, 1.165) is 0 Å². The zero-order chi connectivity index (χ0) is 17.3. The van der Waals surface area contributed by atoms with Crippen LogP contribution < -0.4 is 20.9 Å². The van der Waals surface area contributed by atoms with Crippen molar-refractivity contribution in [3.63, 3.8) is 0 Å². The van der Waals surface area contributed by atoms with E-state index in [1.54, 1.807) is 12.1 Å². The maximum Gasteiger partial charge on any atom is 0.279 e. The third kappa shape index (κ3) is 2.81. The molecule has 5 nitrogen and oxygen atoms in total. The molecule has 0 bridgehead atoms. The first-order valence-corrected chi connectivity index (χ1v) is 7.52. The van der Waals surface area contributed by atoms with Crippen molar-refractivity contribution in [1.82, 2.24) is 9.78 Å². The number of para-hydroxylation sites is 1. The summed E-state index contributed by atoms with van der Waals surface area (Å²) in [6.07, 6.45) is 1.62. The second kappa shape index (κ2) is 6.29. The molecule has 0 spiro atoms. The summed E-state index contributed by atoms with van der Waals surface area (Å²) in [5.41, 5.74) is 1.02. The van der Waals surface area contributed by atoms with Gasteiger partial charge < -0.3 is 9.84 Å². The van der Waals surface area contributed by atoms with Crippen molar-refractivity contribution in [2.24, 2.45) is 0 Å². The normalized spacial score (nSPS) is 11.7. The Morgan fingerprint density at radius 1 is 1.29 bits per heavy atom. The highest BCUT2D eigenvalue weighted by Crippen LogP contribution is 2.32. The molecule has 122 valence electrons. The van der Waals surface area contributed by atoms with Gasteiger partial charge in [-0.15, -0.1) is 0 Å². The van der Waals surface area contributed by atoms with Crippen LogP contribution in [-0.4, -0.2) is 22.0 Å². The van der Waals surface area contributed by atoms with Gasteiger partial charge >= 0.3 is 0 Å². The van der Waals surface area contributed by atoms with Crippen molar-refractivity contribution in [3.8, 4) is 17.2 Å². The van der Waals surface area contributed by atoms with E-state index in [4.69, 9.17) is 16.3 Å². The second-order valence-corrected chi connectivity index (χ2v) is 5.58. The van der Waals surface area contributed by atoms with Crippen LogP contribution in [0.4, 0.5) is 0 Å². The molecule has 0 radical (unpaired) electrons. The summed E-state index contributed by atoms with van der Waals surface area (Å²) in [5.74, 6) is 0.209. The van der Waals surface area contributed by atoms with E-state index in [1.165, 1.54) is 17.9 Å². The van der Waals surface area contributed by atoms with Crippen LogP contribution in [-0.2, 0) is 0 Å². The summed E-state index contributed by atoms with van der Waals surface area (Å²) in [6, 6.07) is 12.1. The van der Waals surface area contributed by atoms with Gasteiger partial charge in [-0.2, -0.15) is 0 Å². The largest absolute Gasteiger partial charge is 0.504 e. The molecule has 0 atom stereocenters. The van der Waals surface area contributed by atoms with E-state index in [2.05, 4.69) is 11.7 Å². The van der Waals surface area contributed by atoms with Crippen LogP contribution in [0.5, 0.6) is 11.5 Å². The molecule has 0 aliphatic rings. The van der Waals surface area contributed by atoms with Gasteiger partial charge in [-0.1, -0.05) is 36.4 Å². The lowest BCUT2D eigenvalue weighted by Gasteiger charge is -2.05. The highest BCUT2D eigenvalue weighted by Gasteiger charge is 2.09. The van der Waals surface area contributed by atoms with Crippen molar-refractivity contribution in [1.29, 1.82) is 0 Å². The average molecular weight is 343 g/mol. The van der Waals surface area contributed by atoms with E-state index in [-0.39, 0.29) is 17.1 Å². The molecule has 0 fully saturated rings. The standard InChI is InChI=1S/C18H15ClN2O3/c1-11-14(8-12-9-17(24-2)16(22)10-15(12)19)18(23)21(20-11)13-6-4-3-5-7-13/h3-10,20,22H,1H2,2H3/b14-8-. The van der Waals surface area contributed by atoms with Crippen molar-refractivity contribution < 1.29 is 9.84 Å². The predicted octanol–water partition coefficient (Wildman–Crippen LogP) is 1.77. The number of halogens is 1. The minimum absolute atomic E-state index is 0.0646. The first kappa shape index (κ1) is 16.0. The number of methoxy groups -OCH3 is 1. The second-order valence-electron chi connectivity index (χ2n) is 5.17. The third-order valence-corrected chi connectivity index (χ3v) is 3.95. The Balaban J connectivity index is 2.22. The Kier molecular flexibility index (Phi) is 4.18. The number of aromatic amines is 1. The van der Waals surface area contributed by atoms with E-state index >= 15 is 0 Å². The van der Waals surface area contributed by atoms with Gasteiger partial charge in [0.15, 0.2) is 11.5 Å². The zero-order valence-corrected chi connectivity index (χ0v) is 13.7. The van der Waals surface area contributed by atoms with E-state index in [9.17, 15) is 9.90 Å². The molecule has 0 saturated heterocycles. The quantitative estimate of drug-likeness (QED) is 0.762. The number of aromatic hydroxyl groups is 1. The van der Waals surface area contributed by atoms with Crippen LogP contribution in [0.25, 0.3) is 18.3 Å². The SMILES string of the molecule is C=c1[nH]n(-c2ccccc2)c(=O)/c1=C\c1cc(OC)c(O)cc1Cl. The molecule has 0 saturated carbocycles. The first-order valence-electron chi connectivity index (χ1n) is 7.15. The molecule has 0 amide bonds. The lowest BCUT2D eigenvalue weighted by atomic mass is 10.1. The number of rotatable bonds is 3. The minimum Gasteiger partial charge on any atom is -0.504 e. The smallest absolute Gasteiger partial charge is 0.279 e. The Bertz CT molecular complexity index is 1050. The molecule has 2 N–H and O–H groups in total. The van der Waals surface area contributed by atoms with E-state index in [1.807, 2.05) is 30.3 Å². The zero-order valence-electron chi connectivity index (χ0n) is 12.9. The predicted molar refractivity (Wildman–Crippen MR) is 94.4 cm³/mol. The number of benzene rings is 2. The van der Waals surface area contributed by atoms with Crippen molar-refractivity contribution in [2.75, 3.05) is 7.11 Å². The maximum absolute atomic E-state index is 12.7. The summed E-state index contributed by atoms with van der Waals surface area (Å²) in [7, 11) is 1.44. The molecule has 2 aromatic carbocycles. The van der Waals surface area contributed by atoms with Gasteiger partial charge in [0.1, 0.15) is 0 Å². The van der Waals surface area contributed by atoms with Crippen LogP contribution in [0.1, 0.15) is 5.56 Å². The molecule has 0 unspecified atom stereocenters. The molecule has 3 aromatic rings. The van der Waals surface area contributed by atoms with Gasteiger partial charge in [-0.05, 0) is 29.8 Å². The number of hydrogen-bond donors (Lipinski definition) is 2. The van der Waals surface area contributed by atoms with Crippen LogP contribution in [0, 0.1) is 0 Å². The number of H-pyrrole nitrogens is 1. The minimum atomic E-state index is -0.241. The average Bonchev–Trinajstić information content (AvgIpc) is 2.86. The molecule has 6 heteroatoms. The van der Waals surface area contributed by atoms with Gasteiger partial charge in [0.25, 0.3) is 5.56 Å². The highest BCUT2D eigenvalue weighted by molar-refractivity contribution is 6.32. The Morgan fingerprint density at radius 3 is 2.67 bits per heavy atom. The summed E-state index contributed by atoms with van der Waals surface area (Å²) < 4.78 is 6.49. The van der Waals surface area contributed by atoms with Gasteiger partial charge in [0, 0.05) is 6.07 Å². The molecular formula is C18H15ClN2O3. The monoisotopic (exact) mass is 342 g/mol. The van der Waals surface area contributed by atoms with Crippen molar-refractivity contribution >= 4 is 24.3 Å². The topological polar surface area (TPSA) is 67.2 Å². The Morgan fingerprint density at radius 2 is 2.00 bits per heavy atom. The van der Waals surface area contributed by atoms with Crippen molar-refractivity contribution in [2.45, 2.75) is 0 Å². The molecule has 0 aliphatic carbocycles. The number of phenolic OH excluding ortho intramolecular Hbond substituents is 1. The fraction of sp³-hybridized carbons (Fsp3) is 0.0556. The van der Waals surface area contributed by atoms with Gasteiger partial charge in [0.2, 0.25) is 0 Å². The number of nitrogens with zero attached hydrogens (tertiary/aromatic N) is 1. The van der Waals surface area contributed by atoms with Crippen LogP contribution >= 0.6 is 11.6 Å². The summed E-state index contributed by atoms with van der Waals surface area (Å²) in [4.78, 5) is 12.7. The number of phenols is 1. The third-order valence-electron chi connectivity index (χ3n) is 3.62. The van der Waals surface area contributed by atoms with Crippen LogP contribution in [0.3, 0.4) is 0 Å². The number of nitrogens with one attached hydrogen (secondary N) is 1. The lowest BCUT2D eigenvalue weighted by Crippen LogP contribution is -2.34. The fourth-order valence-electron chi connectivity index (χ4n) is 2.39. The first-order chi connectivity index (χ1) is 11.5. The molecule has 0 aliphatic heterocycles. The Hall–Kier alpha value is -2.92. The fourth-order valence-corrected chi connectivity index (χ4v) is 2.60. The van der Waals surface area contributed by atoms with Crippen LogP contribution in [0.15, 0.2) is 47.3 Å². The van der Waals surface area contributed by atoms with Crippen LogP contribution in [0.2, 0.25) is 5.02 Å². The molecule has 24 heavy (non-hydrogen) atoms. The summed E-state index contributed by atoms with van der Waals surface area (Å²) in [6.45, 7) is 3.88. The molecule has 1 heterocycles. The van der Waals surface area contributed by atoms with Crippen molar-refractivity contribution in [3.05, 3.63) is 74.0 Å². The molecule has 3 rings (SSSR count). The summed E-state index contributed by atoms with van der Waals surface area (Å²) >= 11 is 6.15. The number of hydrogen-bond acceptors (Lipinski definition) is 3. The number of ether oxygens (including phenoxy) is 1. The molecular weight excluding hydrogens is 328 g/mol. The van der Waals surface area contributed by atoms with Gasteiger partial charge in [0.05, 0.1) is 28.4 Å². The Labute approximate surface area is 142 Å². The van der Waals surface area contributed by atoms with E-state index in [0.29, 0.717) is 26.8 Å². The van der Waals surface area contributed by atoms with Gasteiger partial charge in [-0.3, -0.25) is 9.89 Å². The summed E-state index contributed by atoms with van der Waals surface area (Å²) in [5, 5.41) is 13.8. The highest BCUT2D eigenvalue weighted by atomic mass is 35.5. The maximum atomic E-state index is 12.7. The number of aromatic nitrogens is 2. The van der Waals surface area contributed by atoms with Gasteiger partial charge in [-0.25, -0.2) is 4.68 Å². The lowest BCUT2D eigenvalue weighted by molar-refractivity contribution is 0.373. The molecule has 1 aromatic heterocycles.